The normalized spacial score (nSPS) is 13.9. The second kappa shape index (κ2) is 16.5. The molecule has 0 amide bonds. The molecule has 0 saturated carbocycles. The van der Waals surface area contributed by atoms with Crippen molar-refractivity contribution < 1.29 is 33.0 Å². The fourth-order valence-electron chi connectivity index (χ4n) is 5.58. The maximum atomic E-state index is 13.1. The molecule has 0 saturated heterocycles. The summed E-state index contributed by atoms with van der Waals surface area (Å²) >= 11 is 0. The number of carbonyl (C=O) groups excluding carboxylic acids is 2. The van der Waals surface area contributed by atoms with Crippen molar-refractivity contribution in [2.75, 3.05) is 27.6 Å². The van der Waals surface area contributed by atoms with Gasteiger partial charge in [0.05, 0.1) is 39.5 Å². The maximum Gasteiger partial charge on any atom is 0.333 e. The summed E-state index contributed by atoms with van der Waals surface area (Å²) in [7, 11) is -0.289. The number of rotatable bonds is 16. The molecule has 0 aliphatic rings. The number of benzene rings is 3. The maximum absolute atomic E-state index is 13.1. The second-order valence-corrected chi connectivity index (χ2v) is 16.2. The van der Waals surface area contributed by atoms with E-state index in [9.17, 15) is 9.59 Å². The van der Waals surface area contributed by atoms with Crippen LogP contribution in [0.25, 0.3) is 0 Å². The number of esters is 2. The quantitative estimate of drug-likeness (QED) is 0.0673. The summed E-state index contributed by atoms with van der Waals surface area (Å²) < 4.78 is 29.5. The number of carbonyl (C=O) groups is 2. The zero-order chi connectivity index (χ0) is 32.2. The first-order chi connectivity index (χ1) is 21.0. The zero-order valence-electron chi connectivity index (χ0n) is 26.8. The van der Waals surface area contributed by atoms with Crippen LogP contribution in [0.1, 0.15) is 39.7 Å². The third-order valence-electron chi connectivity index (χ3n) is 8.02. The van der Waals surface area contributed by atoms with Gasteiger partial charge in [0.15, 0.2) is 0 Å². The van der Waals surface area contributed by atoms with Gasteiger partial charge in [0, 0.05) is 5.57 Å². The Balaban J connectivity index is 1.98. The summed E-state index contributed by atoms with van der Waals surface area (Å²) in [4.78, 5) is 25.3. The third kappa shape index (κ3) is 8.76. The van der Waals surface area contributed by atoms with Gasteiger partial charge >= 0.3 is 11.9 Å². The topological polar surface area (TPSA) is 80.3 Å². The van der Waals surface area contributed by atoms with Gasteiger partial charge in [-0.2, -0.15) is 0 Å². The van der Waals surface area contributed by atoms with Gasteiger partial charge in [-0.3, -0.25) is 4.79 Å². The van der Waals surface area contributed by atoms with Crippen LogP contribution in [0.15, 0.2) is 103 Å². The van der Waals surface area contributed by atoms with E-state index in [0.717, 1.165) is 15.9 Å². The Hall–Kier alpha value is -3.56. The minimum atomic E-state index is -2.91. The summed E-state index contributed by atoms with van der Waals surface area (Å²) in [6.45, 7) is 12.9. The molecule has 0 bridgehead atoms. The van der Waals surface area contributed by atoms with E-state index >= 15 is 0 Å². The number of hydrogen-bond donors (Lipinski definition) is 0. The summed E-state index contributed by atoms with van der Waals surface area (Å²) in [5.41, 5.74) is 1.20. The molecule has 0 aliphatic heterocycles. The van der Waals surface area contributed by atoms with Crippen molar-refractivity contribution in [1.82, 2.24) is 0 Å². The van der Waals surface area contributed by atoms with Crippen molar-refractivity contribution in [2.45, 2.75) is 51.9 Å². The van der Waals surface area contributed by atoms with Crippen LogP contribution >= 0.6 is 0 Å². The molecular weight excluding hydrogens is 572 g/mol. The van der Waals surface area contributed by atoms with Gasteiger partial charge in [-0.25, -0.2) is 4.79 Å². The van der Waals surface area contributed by atoms with Crippen LogP contribution in [0.3, 0.4) is 0 Å². The fraction of sp³-hybridized carbons (Fsp3) is 0.389. The van der Waals surface area contributed by atoms with Crippen molar-refractivity contribution in [3.05, 3.63) is 109 Å². The molecular formula is C36H46O7Si. The monoisotopic (exact) mass is 618 g/mol. The molecule has 0 heterocycles. The van der Waals surface area contributed by atoms with Crippen molar-refractivity contribution in [3.63, 3.8) is 0 Å². The Bertz CT molecular complexity index is 1280. The van der Waals surface area contributed by atoms with Crippen LogP contribution in [-0.2, 0) is 39.6 Å². The summed E-state index contributed by atoms with van der Waals surface area (Å²) in [5.74, 6) is -2.19. The van der Waals surface area contributed by atoms with Gasteiger partial charge in [-0.1, -0.05) is 125 Å². The predicted molar refractivity (Wildman–Crippen MR) is 175 cm³/mol. The molecule has 8 heteroatoms. The zero-order valence-corrected chi connectivity index (χ0v) is 27.8. The number of hydrogen-bond acceptors (Lipinski definition) is 7. The highest BCUT2D eigenvalue weighted by Gasteiger charge is 2.51. The molecule has 3 aromatic carbocycles. The standard InChI is InChI=1S/C36H46O7Si/c1-27(34(37)39-6)23-32(35(38)40-7)28(2)33(42-26-41-24-29-17-11-8-12-18-29)25-43-44(36(3,4)5,30-19-13-9-14-20-30)31-21-15-10-16-22-31/h8-22,28,32-33H,1,23-26H2,2-7H3/t28-,32-,33+/m0/s1. The first-order valence-electron chi connectivity index (χ1n) is 14.9. The second-order valence-electron chi connectivity index (χ2n) is 11.9. The first kappa shape index (κ1) is 34.9. The molecule has 0 N–H and O–H groups in total. The molecule has 44 heavy (non-hydrogen) atoms. The first-order valence-corrected chi connectivity index (χ1v) is 16.8. The molecule has 3 aromatic rings. The van der Waals surface area contributed by atoms with Gasteiger partial charge in [0.25, 0.3) is 8.32 Å². The molecule has 0 unspecified atom stereocenters. The van der Waals surface area contributed by atoms with E-state index in [0.29, 0.717) is 6.61 Å². The lowest BCUT2D eigenvalue weighted by Gasteiger charge is -2.44. The van der Waals surface area contributed by atoms with Crippen LogP contribution in [-0.4, -0.2) is 54.0 Å². The predicted octanol–water partition coefficient (Wildman–Crippen LogP) is 5.67. The number of ether oxygens (including phenoxy) is 4. The van der Waals surface area contributed by atoms with Gasteiger partial charge < -0.3 is 23.4 Å². The summed E-state index contributed by atoms with van der Waals surface area (Å²) in [5, 5.41) is 2.01. The molecule has 0 spiro atoms. The van der Waals surface area contributed by atoms with Crippen LogP contribution in [0.5, 0.6) is 0 Å². The van der Waals surface area contributed by atoms with E-state index in [2.05, 4.69) is 51.6 Å². The van der Waals surface area contributed by atoms with Crippen LogP contribution in [0.4, 0.5) is 0 Å². The average molecular weight is 619 g/mol. The largest absolute Gasteiger partial charge is 0.469 e. The van der Waals surface area contributed by atoms with Gasteiger partial charge in [-0.15, -0.1) is 0 Å². The van der Waals surface area contributed by atoms with E-state index in [1.165, 1.54) is 14.2 Å². The van der Waals surface area contributed by atoms with Gasteiger partial charge in [-0.05, 0) is 33.3 Å². The van der Waals surface area contributed by atoms with Crippen LogP contribution < -0.4 is 10.4 Å². The van der Waals surface area contributed by atoms with Crippen molar-refractivity contribution >= 4 is 30.6 Å². The molecule has 236 valence electrons. The molecule has 0 aliphatic carbocycles. The van der Waals surface area contributed by atoms with E-state index in [1.807, 2.05) is 73.7 Å². The summed E-state index contributed by atoms with van der Waals surface area (Å²) in [6.07, 6.45) is -0.522. The molecule has 0 radical (unpaired) electrons. The Labute approximate surface area is 263 Å². The summed E-state index contributed by atoms with van der Waals surface area (Å²) in [6, 6.07) is 30.5. The minimum absolute atomic E-state index is 0.0140. The minimum Gasteiger partial charge on any atom is -0.469 e. The highest BCUT2D eigenvalue weighted by atomic mass is 28.4. The third-order valence-corrected chi connectivity index (χ3v) is 13.0. The van der Waals surface area contributed by atoms with E-state index in [4.69, 9.17) is 23.4 Å². The number of methoxy groups -OCH3 is 2. The SMILES string of the molecule is C=C(C[C@H](C(=O)OC)[C@H](C)[C@@H](CO[Si](c1ccccc1)(c1ccccc1)C(C)(C)C)OCOCc1ccccc1)C(=O)OC. The highest BCUT2D eigenvalue weighted by molar-refractivity contribution is 6.99. The molecule has 0 fully saturated rings. The van der Waals surface area contributed by atoms with E-state index in [-0.39, 0.29) is 30.4 Å². The highest BCUT2D eigenvalue weighted by Crippen LogP contribution is 2.37. The van der Waals surface area contributed by atoms with Crippen molar-refractivity contribution in [3.8, 4) is 0 Å². The van der Waals surface area contributed by atoms with Crippen molar-refractivity contribution in [1.29, 1.82) is 0 Å². The molecule has 0 aromatic heterocycles. The van der Waals surface area contributed by atoms with Crippen molar-refractivity contribution in [2.24, 2.45) is 11.8 Å². The smallest absolute Gasteiger partial charge is 0.333 e. The molecule has 3 rings (SSSR count). The Morgan fingerprint density at radius 3 is 1.82 bits per heavy atom. The Kier molecular flexibility index (Phi) is 13.1. The van der Waals surface area contributed by atoms with Gasteiger partial charge in [0.1, 0.15) is 6.79 Å². The lowest BCUT2D eigenvalue weighted by atomic mass is 9.84. The van der Waals surface area contributed by atoms with Gasteiger partial charge in [0.2, 0.25) is 0 Å². The lowest BCUT2D eigenvalue weighted by Crippen LogP contribution is -2.67. The lowest BCUT2D eigenvalue weighted by molar-refractivity contribution is -0.156. The fourth-order valence-corrected chi connectivity index (χ4v) is 10.1. The van der Waals surface area contributed by atoms with Crippen LogP contribution in [0.2, 0.25) is 5.04 Å². The molecule has 7 nitrogen and oxygen atoms in total. The Morgan fingerprint density at radius 1 is 0.818 bits per heavy atom. The Morgan fingerprint density at radius 2 is 1.34 bits per heavy atom. The van der Waals surface area contributed by atoms with E-state index in [1.54, 1.807) is 0 Å². The average Bonchev–Trinajstić information content (AvgIpc) is 3.04. The van der Waals surface area contributed by atoms with E-state index < -0.39 is 38.2 Å². The molecule has 3 atom stereocenters. The van der Waals surface area contributed by atoms with Crippen LogP contribution in [0, 0.1) is 11.8 Å².